The second kappa shape index (κ2) is 4.53. The maximum absolute atomic E-state index is 12.0. The standard InChI is InChI=1S/C12H13NO4/c1-17-11-7-9(14)8(6-10(11)15)12(16)13-4-2-3-5-13/h6-7H,2-5H2,1H3. The van der Waals surface area contributed by atoms with Gasteiger partial charge in [0.2, 0.25) is 5.78 Å². The number of amides is 1. The molecule has 0 aromatic carbocycles. The molecule has 0 saturated carbocycles. The minimum Gasteiger partial charge on any atom is -0.493 e. The Bertz CT molecular complexity index is 441. The van der Waals surface area contributed by atoms with Gasteiger partial charge in [0.25, 0.3) is 5.91 Å². The lowest BCUT2D eigenvalue weighted by Crippen LogP contribution is -2.33. The number of ether oxygens (including phenoxy) is 1. The van der Waals surface area contributed by atoms with Gasteiger partial charge < -0.3 is 9.64 Å². The zero-order valence-corrected chi connectivity index (χ0v) is 9.56. The number of carbonyl (C=O) groups is 3. The molecule has 0 N–H and O–H groups in total. The number of allylic oxidation sites excluding steroid dienone is 2. The zero-order valence-electron chi connectivity index (χ0n) is 9.56. The summed E-state index contributed by atoms with van der Waals surface area (Å²) in [5, 5.41) is 0. The summed E-state index contributed by atoms with van der Waals surface area (Å²) in [5.41, 5.74) is -0.0577. The Kier molecular flexibility index (Phi) is 3.08. The lowest BCUT2D eigenvalue weighted by atomic mass is 10.0. The van der Waals surface area contributed by atoms with E-state index in [-0.39, 0.29) is 17.2 Å². The molecule has 1 aliphatic carbocycles. The molecular formula is C12H13NO4. The second-order valence-corrected chi connectivity index (χ2v) is 4.00. The Labute approximate surface area is 98.7 Å². The zero-order chi connectivity index (χ0) is 12.4. The molecule has 1 amide bonds. The fourth-order valence-electron chi connectivity index (χ4n) is 1.96. The average molecular weight is 235 g/mol. The lowest BCUT2D eigenvalue weighted by molar-refractivity contribution is -0.129. The molecule has 0 unspecified atom stereocenters. The van der Waals surface area contributed by atoms with Crippen LogP contribution in [0, 0.1) is 0 Å². The summed E-state index contributed by atoms with van der Waals surface area (Å²) >= 11 is 0. The van der Waals surface area contributed by atoms with Crippen LogP contribution in [0.2, 0.25) is 0 Å². The summed E-state index contributed by atoms with van der Waals surface area (Å²) in [6.45, 7) is 1.30. The van der Waals surface area contributed by atoms with E-state index in [1.165, 1.54) is 7.11 Å². The number of rotatable bonds is 2. The van der Waals surface area contributed by atoms with E-state index in [1.807, 2.05) is 0 Å². The summed E-state index contributed by atoms with van der Waals surface area (Å²) < 4.78 is 4.75. The third kappa shape index (κ3) is 2.13. The monoisotopic (exact) mass is 235 g/mol. The van der Waals surface area contributed by atoms with Crippen molar-refractivity contribution in [3.05, 3.63) is 23.5 Å². The first-order chi connectivity index (χ1) is 8.13. The van der Waals surface area contributed by atoms with Gasteiger partial charge in [-0.3, -0.25) is 14.4 Å². The topological polar surface area (TPSA) is 63.7 Å². The molecular weight excluding hydrogens is 222 g/mol. The molecule has 0 aromatic rings. The van der Waals surface area contributed by atoms with Gasteiger partial charge in [-0.1, -0.05) is 0 Å². The van der Waals surface area contributed by atoms with Gasteiger partial charge in [-0.15, -0.1) is 0 Å². The van der Waals surface area contributed by atoms with Crippen LogP contribution in [0.4, 0.5) is 0 Å². The van der Waals surface area contributed by atoms with Crippen LogP contribution in [0.25, 0.3) is 0 Å². The van der Waals surface area contributed by atoms with E-state index in [4.69, 9.17) is 4.74 Å². The van der Waals surface area contributed by atoms with Crippen molar-refractivity contribution in [2.75, 3.05) is 20.2 Å². The number of carbonyl (C=O) groups excluding carboxylic acids is 3. The molecule has 0 radical (unpaired) electrons. The van der Waals surface area contributed by atoms with Crippen LogP contribution in [0.1, 0.15) is 12.8 Å². The molecule has 0 atom stereocenters. The highest BCUT2D eigenvalue weighted by atomic mass is 16.5. The summed E-state index contributed by atoms with van der Waals surface area (Å²) in [5.74, 6) is -1.27. The largest absolute Gasteiger partial charge is 0.493 e. The first-order valence-corrected chi connectivity index (χ1v) is 5.49. The average Bonchev–Trinajstić information content (AvgIpc) is 2.84. The first kappa shape index (κ1) is 11.6. The molecule has 0 aromatic heterocycles. The SMILES string of the molecule is COC1=CC(=O)C(C(=O)N2CCCC2)=CC1=O. The van der Waals surface area contributed by atoms with E-state index in [1.54, 1.807) is 4.90 Å². The summed E-state index contributed by atoms with van der Waals surface area (Å²) in [4.78, 5) is 36.8. The van der Waals surface area contributed by atoms with Gasteiger partial charge >= 0.3 is 0 Å². The number of nitrogens with zero attached hydrogens (tertiary/aromatic N) is 1. The predicted molar refractivity (Wildman–Crippen MR) is 59.0 cm³/mol. The number of ketones is 2. The van der Waals surface area contributed by atoms with E-state index in [0.29, 0.717) is 13.1 Å². The van der Waals surface area contributed by atoms with Gasteiger partial charge in [-0.25, -0.2) is 0 Å². The second-order valence-electron chi connectivity index (χ2n) is 4.00. The Hall–Kier alpha value is -1.91. The normalized spacial score (nSPS) is 20.2. The number of hydrogen-bond donors (Lipinski definition) is 0. The Morgan fingerprint density at radius 1 is 1.18 bits per heavy atom. The van der Waals surface area contributed by atoms with Crippen LogP contribution in [-0.2, 0) is 19.1 Å². The van der Waals surface area contributed by atoms with Crippen molar-refractivity contribution in [3.8, 4) is 0 Å². The van der Waals surface area contributed by atoms with Gasteiger partial charge in [0.15, 0.2) is 11.5 Å². The van der Waals surface area contributed by atoms with E-state index in [9.17, 15) is 14.4 Å². The molecule has 1 saturated heterocycles. The van der Waals surface area contributed by atoms with E-state index >= 15 is 0 Å². The molecule has 1 aliphatic heterocycles. The number of likely N-dealkylation sites (tertiary alicyclic amines) is 1. The molecule has 1 fully saturated rings. The number of hydrogen-bond acceptors (Lipinski definition) is 4. The third-order valence-electron chi connectivity index (χ3n) is 2.89. The summed E-state index contributed by atoms with van der Waals surface area (Å²) in [6.07, 6.45) is 4.04. The number of methoxy groups -OCH3 is 1. The third-order valence-corrected chi connectivity index (χ3v) is 2.89. The van der Waals surface area contributed by atoms with Gasteiger partial charge in [-0.2, -0.15) is 0 Å². The fraction of sp³-hybridized carbons (Fsp3) is 0.417. The van der Waals surface area contributed by atoms with Crippen molar-refractivity contribution < 1.29 is 19.1 Å². The molecule has 5 nitrogen and oxygen atoms in total. The molecule has 2 aliphatic rings. The van der Waals surface area contributed by atoms with Crippen LogP contribution in [-0.4, -0.2) is 42.6 Å². The van der Waals surface area contributed by atoms with Crippen LogP contribution in [0.5, 0.6) is 0 Å². The van der Waals surface area contributed by atoms with Crippen molar-refractivity contribution in [1.82, 2.24) is 4.90 Å². The molecule has 17 heavy (non-hydrogen) atoms. The molecule has 0 bridgehead atoms. The Balaban J connectivity index is 2.20. The maximum atomic E-state index is 12.0. The minimum absolute atomic E-state index is 0.0204. The highest BCUT2D eigenvalue weighted by molar-refractivity contribution is 6.30. The van der Waals surface area contributed by atoms with E-state index < -0.39 is 11.6 Å². The molecule has 2 rings (SSSR count). The molecule has 1 heterocycles. The Morgan fingerprint density at radius 3 is 2.41 bits per heavy atom. The fourth-order valence-corrected chi connectivity index (χ4v) is 1.96. The maximum Gasteiger partial charge on any atom is 0.257 e. The van der Waals surface area contributed by atoms with Gasteiger partial charge in [-0.05, 0) is 12.8 Å². The van der Waals surface area contributed by atoms with Gasteiger partial charge in [0, 0.05) is 25.2 Å². The molecule has 90 valence electrons. The van der Waals surface area contributed by atoms with Crippen molar-refractivity contribution in [1.29, 1.82) is 0 Å². The van der Waals surface area contributed by atoms with Crippen LogP contribution < -0.4 is 0 Å². The van der Waals surface area contributed by atoms with Crippen LogP contribution >= 0.6 is 0 Å². The van der Waals surface area contributed by atoms with E-state index in [0.717, 1.165) is 25.0 Å². The highest BCUT2D eigenvalue weighted by Crippen LogP contribution is 2.17. The highest BCUT2D eigenvalue weighted by Gasteiger charge is 2.29. The summed E-state index contributed by atoms with van der Waals surface area (Å²) in [7, 11) is 1.32. The minimum atomic E-state index is -0.460. The first-order valence-electron chi connectivity index (χ1n) is 5.49. The van der Waals surface area contributed by atoms with E-state index in [2.05, 4.69) is 0 Å². The predicted octanol–water partition coefficient (Wildman–Crippen LogP) is 0.217. The van der Waals surface area contributed by atoms with Crippen LogP contribution in [0.15, 0.2) is 23.5 Å². The van der Waals surface area contributed by atoms with Crippen molar-refractivity contribution in [2.24, 2.45) is 0 Å². The van der Waals surface area contributed by atoms with Crippen LogP contribution in [0.3, 0.4) is 0 Å². The Morgan fingerprint density at radius 2 is 1.82 bits per heavy atom. The molecule has 0 spiro atoms. The van der Waals surface area contributed by atoms with Gasteiger partial charge in [0.05, 0.1) is 12.7 Å². The quantitative estimate of drug-likeness (QED) is 0.507. The molecule has 5 heteroatoms. The summed E-state index contributed by atoms with van der Waals surface area (Å²) in [6, 6.07) is 0. The lowest BCUT2D eigenvalue weighted by Gasteiger charge is -2.17. The smallest absolute Gasteiger partial charge is 0.257 e. The van der Waals surface area contributed by atoms with Gasteiger partial charge in [0.1, 0.15) is 0 Å². The van der Waals surface area contributed by atoms with Crippen molar-refractivity contribution in [2.45, 2.75) is 12.8 Å². The van der Waals surface area contributed by atoms with Crippen molar-refractivity contribution in [3.63, 3.8) is 0 Å². The van der Waals surface area contributed by atoms with Crippen molar-refractivity contribution >= 4 is 17.5 Å².